The Kier molecular flexibility index (Phi) is 5.38. The molecule has 1 unspecified atom stereocenters. The summed E-state index contributed by atoms with van der Waals surface area (Å²) in [6, 6.07) is 7.27. The molecule has 1 heterocycles. The van der Waals surface area contributed by atoms with Crippen LogP contribution in [0.25, 0.3) is 0 Å². The van der Waals surface area contributed by atoms with Crippen LogP contribution in [-0.2, 0) is 16.0 Å². The topological polar surface area (TPSA) is 66.8 Å². The number of rotatable bonds is 6. The number of carboxylic acids is 1. The van der Waals surface area contributed by atoms with Crippen molar-refractivity contribution in [3.05, 3.63) is 29.8 Å². The Morgan fingerprint density at radius 1 is 1.17 bits per heavy atom. The summed E-state index contributed by atoms with van der Waals surface area (Å²) < 4.78 is 6.00. The molecule has 0 bridgehead atoms. The predicted octanol–water partition coefficient (Wildman–Crippen LogP) is 3.02. The molecule has 1 N–H and O–H groups in total. The monoisotopic (exact) mass is 331 g/mol. The normalized spacial score (nSPS) is 21.2. The maximum Gasteiger partial charge on any atom is 0.326 e. The number of amides is 1. The van der Waals surface area contributed by atoms with Crippen LogP contribution >= 0.6 is 0 Å². The van der Waals surface area contributed by atoms with Crippen LogP contribution in [0.3, 0.4) is 0 Å². The molecular formula is C19H25NO4. The van der Waals surface area contributed by atoms with Gasteiger partial charge >= 0.3 is 5.97 Å². The predicted molar refractivity (Wildman–Crippen MR) is 90.0 cm³/mol. The lowest BCUT2D eigenvalue weighted by Crippen LogP contribution is -2.40. The van der Waals surface area contributed by atoms with Gasteiger partial charge in [-0.25, -0.2) is 4.79 Å². The minimum absolute atomic E-state index is 0.0676. The largest absolute Gasteiger partial charge is 0.490 e. The summed E-state index contributed by atoms with van der Waals surface area (Å²) in [5, 5.41) is 9.18. The zero-order valence-electron chi connectivity index (χ0n) is 13.9. The second-order valence-electron chi connectivity index (χ2n) is 6.76. The third kappa shape index (κ3) is 4.08. The molecule has 1 aliphatic carbocycles. The molecule has 2 fully saturated rings. The summed E-state index contributed by atoms with van der Waals surface area (Å²) in [4.78, 5) is 25.0. The molecule has 5 heteroatoms. The third-order valence-corrected chi connectivity index (χ3v) is 4.99. The number of benzene rings is 1. The zero-order chi connectivity index (χ0) is 16.9. The fourth-order valence-corrected chi connectivity index (χ4v) is 3.69. The molecule has 0 radical (unpaired) electrons. The Bertz CT molecular complexity index is 595. The number of likely N-dealkylation sites (tertiary alicyclic amines) is 1. The van der Waals surface area contributed by atoms with Crippen molar-refractivity contribution in [2.45, 2.75) is 63.5 Å². The first-order valence-corrected chi connectivity index (χ1v) is 8.91. The minimum atomic E-state index is -0.896. The molecule has 24 heavy (non-hydrogen) atoms. The van der Waals surface area contributed by atoms with Crippen molar-refractivity contribution in [2.24, 2.45) is 0 Å². The Morgan fingerprint density at radius 3 is 2.71 bits per heavy atom. The molecule has 130 valence electrons. The van der Waals surface area contributed by atoms with Crippen LogP contribution in [0.15, 0.2) is 24.3 Å². The fraction of sp³-hybridized carbons (Fsp3) is 0.579. The highest BCUT2D eigenvalue weighted by atomic mass is 16.5. The number of aryl methyl sites for hydroxylation is 1. The Balaban J connectivity index is 1.54. The maximum atomic E-state index is 12.3. The number of aliphatic carboxylic acids is 1. The number of ether oxygens (including phenoxy) is 1. The number of carboxylic acid groups (broad SMARTS) is 1. The summed E-state index contributed by atoms with van der Waals surface area (Å²) in [6.45, 7) is 0.556. The van der Waals surface area contributed by atoms with Gasteiger partial charge in [0.15, 0.2) is 0 Å². The fourth-order valence-electron chi connectivity index (χ4n) is 3.69. The number of nitrogens with zero attached hydrogens (tertiary/aromatic N) is 1. The van der Waals surface area contributed by atoms with Crippen LogP contribution in [0, 0.1) is 0 Å². The smallest absolute Gasteiger partial charge is 0.326 e. The van der Waals surface area contributed by atoms with E-state index in [1.54, 1.807) is 0 Å². The van der Waals surface area contributed by atoms with E-state index in [1.807, 2.05) is 24.3 Å². The maximum absolute atomic E-state index is 12.3. The van der Waals surface area contributed by atoms with Gasteiger partial charge < -0.3 is 14.7 Å². The van der Waals surface area contributed by atoms with Crippen LogP contribution in [0.4, 0.5) is 0 Å². The van der Waals surface area contributed by atoms with E-state index in [-0.39, 0.29) is 5.91 Å². The molecule has 1 saturated heterocycles. The molecule has 3 rings (SSSR count). The Labute approximate surface area is 142 Å². The first kappa shape index (κ1) is 16.8. The number of carbonyl (C=O) groups excluding carboxylic acids is 1. The average molecular weight is 331 g/mol. The van der Waals surface area contributed by atoms with Crippen LogP contribution in [-0.4, -0.2) is 40.6 Å². The minimum Gasteiger partial charge on any atom is -0.490 e. The number of hydrogen-bond acceptors (Lipinski definition) is 3. The van der Waals surface area contributed by atoms with Gasteiger partial charge in [0.25, 0.3) is 0 Å². The first-order chi connectivity index (χ1) is 11.6. The summed E-state index contributed by atoms with van der Waals surface area (Å²) >= 11 is 0. The van der Waals surface area contributed by atoms with Crippen molar-refractivity contribution in [2.75, 3.05) is 6.54 Å². The zero-order valence-corrected chi connectivity index (χ0v) is 13.9. The highest BCUT2D eigenvalue weighted by Crippen LogP contribution is 2.25. The summed E-state index contributed by atoms with van der Waals surface area (Å²) in [6.07, 6.45) is 7.32. The van der Waals surface area contributed by atoms with Crippen molar-refractivity contribution in [1.29, 1.82) is 0 Å². The van der Waals surface area contributed by atoms with E-state index in [0.717, 1.165) is 30.6 Å². The van der Waals surface area contributed by atoms with Gasteiger partial charge in [0.1, 0.15) is 11.8 Å². The molecule has 2 aliphatic rings. The third-order valence-electron chi connectivity index (χ3n) is 4.99. The van der Waals surface area contributed by atoms with Crippen LogP contribution in [0.1, 0.15) is 50.5 Å². The van der Waals surface area contributed by atoms with E-state index in [1.165, 1.54) is 17.7 Å². The number of hydrogen-bond donors (Lipinski definition) is 1. The molecule has 0 aromatic heterocycles. The van der Waals surface area contributed by atoms with Gasteiger partial charge in [-0.05, 0) is 62.6 Å². The molecule has 5 nitrogen and oxygen atoms in total. The second-order valence-corrected chi connectivity index (χ2v) is 6.76. The first-order valence-electron chi connectivity index (χ1n) is 8.91. The average Bonchev–Trinajstić information content (AvgIpc) is 3.24. The van der Waals surface area contributed by atoms with Gasteiger partial charge in [0.2, 0.25) is 5.91 Å². The highest BCUT2D eigenvalue weighted by molar-refractivity contribution is 5.84. The molecule has 1 amide bonds. The number of carbonyl (C=O) groups is 2. The van der Waals surface area contributed by atoms with Crippen molar-refractivity contribution in [1.82, 2.24) is 4.90 Å². The van der Waals surface area contributed by atoms with Gasteiger partial charge in [-0.1, -0.05) is 12.1 Å². The van der Waals surface area contributed by atoms with Crippen molar-refractivity contribution < 1.29 is 19.4 Å². The summed E-state index contributed by atoms with van der Waals surface area (Å²) in [5.74, 6) is -0.0914. The van der Waals surface area contributed by atoms with E-state index in [0.29, 0.717) is 31.9 Å². The lowest BCUT2D eigenvalue weighted by molar-refractivity contribution is -0.148. The van der Waals surface area contributed by atoms with Gasteiger partial charge in [-0.3, -0.25) is 4.79 Å². The van der Waals surface area contributed by atoms with Gasteiger partial charge in [0, 0.05) is 13.0 Å². The molecule has 1 atom stereocenters. The summed E-state index contributed by atoms with van der Waals surface area (Å²) in [5.41, 5.74) is 1.06. The molecule has 0 spiro atoms. The Morgan fingerprint density at radius 2 is 1.96 bits per heavy atom. The van der Waals surface area contributed by atoms with Crippen LogP contribution in [0.2, 0.25) is 0 Å². The SMILES string of the molecule is O=C(O)C1CCCN1C(=O)CCc1cccc(OC2CCCC2)c1. The van der Waals surface area contributed by atoms with Gasteiger partial charge in [0.05, 0.1) is 6.10 Å². The molecule has 1 aromatic carbocycles. The molecule has 1 aliphatic heterocycles. The molecular weight excluding hydrogens is 306 g/mol. The van der Waals surface area contributed by atoms with E-state index in [4.69, 9.17) is 4.74 Å². The highest BCUT2D eigenvalue weighted by Gasteiger charge is 2.33. The van der Waals surface area contributed by atoms with Crippen molar-refractivity contribution >= 4 is 11.9 Å². The van der Waals surface area contributed by atoms with Crippen LogP contribution < -0.4 is 4.74 Å². The standard InChI is InChI=1S/C19H25NO4/c21-18(20-12-4-9-17(20)19(22)23)11-10-14-5-3-8-16(13-14)24-15-6-1-2-7-15/h3,5,8,13,15,17H,1-2,4,6-7,9-12H2,(H,22,23). The molecule has 1 saturated carbocycles. The van der Waals surface area contributed by atoms with E-state index in [9.17, 15) is 14.7 Å². The molecule has 1 aromatic rings. The van der Waals surface area contributed by atoms with Gasteiger partial charge in [-0.2, -0.15) is 0 Å². The summed E-state index contributed by atoms with van der Waals surface area (Å²) in [7, 11) is 0. The van der Waals surface area contributed by atoms with Crippen molar-refractivity contribution in [3.8, 4) is 5.75 Å². The van der Waals surface area contributed by atoms with Crippen molar-refractivity contribution in [3.63, 3.8) is 0 Å². The van der Waals surface area contributed by atoms with E-state index < -0.39 is 12.0 Å². The van der Waals surface area contributed by atoms with E-state index >= 15 is 0 Å². The second kappa shape index (κ2) is 7.69. The Hall–Kier alpha value is -2.04. The van der Waals surface area contributed by atoms with Crippen LogP contribution in [0.5, 0.6) is 5.75 Å². The lowest BCUT2D eigenvalue weighted by atomic mass is 10.1. The quantitative estimate of drug-likeness (QED) is 0.870. The lowest BCUT2D eigenvalue weighted by Gasteiger charge is -2.21. The van der Waals surface area contributed by atoms with E-state index in [2.05, 4.69) is 0 Å². The van der Waals surface area contributed by atoms with Gasteiger partial charge in [-0.15, -0.1) is 0 Å².